The number of thiophene rings is 1. The van der Waals surface area contributed by atoms with Gasteiger partial charge in [0.2, 0.25) is 5.88 Å². The van der Waals surface area contributed by atoms with Gasteiger partial charge in [0.1, 0.15) is 5.69 Å². The Morgan fingerprint density at radius 2 is 2.31 bits per heavy atom. The zero-order chi connectivity index (χ0) is 9.42. The SMILES string of the molecule is Cc1c(-c2ccc(Br)s2)noc1N. The van der Waals surface area contributed by atoms with Gasteiger partial charge in [-0.2, -0.15) is 0 Å². The molecule has 13 heavy (non-hydrogen) atoms. The Morgan fingerprint density at radius 1 is 1.54 bits per heavy atom. The first-order valence-electron chi connectivity index (χ1n) is 3.66. The van der Waals surface area contributed by atoms with Crippen molar-refractivity contribution >= 4 is 33.2 Å². The third kappa shape index (κ3) is 1.49. The predicted octanol–water partition coefficient (Wildman–Crippen LogP) is 3.06. The summed E-state index contributed by atoms with van der Waals surface area (Å²) in [6.45, 7) is 1.90. The van der Waals surface area contributed by atoms with Crippen LogP contribution in [0.2, 0.25) is 0 Å². The molecular formula is C8H7BrN2OS. The van der Waals surface area contributed by atoms with Crippen LogP contribution in [0, 0.1) is 6.92 Å². The maximum Gasteiger partial charge on any atom is 0.225 e. The Kier molecular flexibility index (Phi) is 2.13. The van der Waals surface area contributed by atoms with E-state index in [1.54, 1.807) is 11.3 Å². The molecule has 0 amide bonds. The van der Waals surface area contributed by atoms with Gasteiger partial charge in [-0.05, 0) is 35.0 Å². The van der Waals surface area contributed by atoms with Crippen molar-refractivity contribution in [3.8, 4) is 10.6 Å². The van der Waals surface area contributed by atoms with E-state index in [1.807, 2.05) is 19.1 Å². The van der Waals surface area contributed by atoms with Crippen LogP contribution in [0.25, 0.3) is 10.6 Å². The number of halogens is 1. The summed E-state index contributed by atoms with van der Waals surface area (Å²) in [7, 11) is 0. The minimum Gasteiger partial charge on any atom is -0.367 e. The average molecular weight is 259 g/mol. The van der Waals surface area contributed by atoms with Crippen LogP contribution < -0.4 is 5.73 Å². The molecular weight excluding hydrogens is 252 g/mol. The highest BCUT2D eigenvalue weighted by molar-refractivity contribution is 9.11. The molecule has 2 rings (SSSR count). The van der Waals surface area contributed by atoms with Crippen LogP contribution in [-0.4, -0.2) is 5.16 Å². The summed E-state index contributed by atoms with van der Waals surface area (Å²) >= 11 is 5.00. The van der Waals surface area contributed by atoms with Gasteiger partial charge in [0.15, 0.2) is 0 Å². The molecule has 2 heterocycles. The molecule has 0 aliphatic rings. The van der Waals surface area contributed by atoms with Crippen LogP contribution in [0.3, 0.4) is 0 Å². The fraction of sp³-hybridized carbons (Fsp3) is 0.125. The van der Waals surface area contributed by atoms with Crippen LogP contribution in [0.5, 0.6) is 0 Å². The van der Waals surface area contributed by atoms with Crippen molar-refractivity contribution in [1.29, 1.82) is 0 Å². The third-order valence-corrected chi connectivity index (χ3v) is 3.40. The molecule has 0 aliphatic heterocycles. The van der Waals surface area contributed by atoms with Gasteiger partial charge in [-0.25, -0.2) is 0 Å². The fourth-order valence-corrected chi connectivity index (χ4v) is 2.44. The van der Waals surface area contributed by atoms with Crippen molar-refractivity contribution in [2.45, 2.75) is 6.92 Å². The number of anilines is 1. The van der Waals surface area contributed by atoms with Crippen molar-refractivity contribution in [2.75, 3.05) is 5.73 Å². The van der Waals surface area contributed by atoms with Crippen LogP contribution in [0.15, 0.2) is 20.4 Å². The molecule has 0 aliphatic carbocycles. The molecule has 0 saturated heterocycles. The summed E-state index contributed by atoms with van der Waals surface area (Å²) in [5.41, 5.74) is 7.27. The van der Waals surface area contributed by atoms with E-state index in [2.05, 4.69) is 21.1 Å². The van der Waals surface area contributed by atoms with Crippen molar-refractivity contribution in [1.82, 2.24) is 5.16 Å². The minimum absolute atomic E-state index is 0.388. The highest BCUT2D eigenvalue weighted by atomic mass is 79.9. The smallest absolute Gasteiger partial charge is 0.225 e. The molecule has 0 fully saturated rings. The number of aromatic nitrogens is 1. The van der Waals surface area contributed by atoms with Gasteiger partial charge in [0.05, 0.1) is 8.66 Å². The van der Waals surface area contributed by atoms with Gasteiger partial charge in [0.25, 0.3) is 0 Å². The molecule has 0 atom stereocenters. The molecule has 0 bridgehead atoms. The number of rotatable bonds is 1. The molecule has 2 aromatic heterocycles. The summed E-state index contributed by atoms with van der Waals surface area (Å²) in [4.78, 5) is 1.06. The molecule has 68 valence electrons. The van der Waals surface area contributed by atoms with Crippen LogP contribution in [-0.2, 0) is 0 Å². The summed E-state index contributed by atoms with van der Waals surface area (Å²) in [6.07, 6.45) is 0. The number of nitrogen functional groups attached to an aromatic ring is 1. The van der Waals surface area contributed by atoms with Gasteiger partial charge in [-0.3, -0.25) is 0 Å². The predicted molar refractivity (Wildman–Crippen MR) is 56.7 cm³/mol. The van der Waals surface area contributed by atoms with Gasteiger partial charge in [-0.1, -0.05) is 5.16 Å². The largest absolute Gasteiger partial charge is 0.367 e. The van der Waals surface area contributed by atoms with Crippen molar-refractivity contribution in [3.05, 3.63) is 21.5 Å². The van der Waals surface area contributed by atoms with Crippen molar-refractivity contribution in [3.63, 3.8) is 0 Å². The average Bonchev–Trinajstić information content (AvgIpc) is 2.62. The molecule has 0 saturated carbocycles. The van der Waals surface area contributed by atoms with Crippen molar-refractivity contribution < 1.29 is 4.52 Å². The van der Waals surface area contributed by atoms with Crippen LogP contribution in [0.1, 0.15) is 5.56 Å². The molecule has 0 spiro atoms. The second-order valence-corrected chi connectivity index (χ2v) is 5.09. The minimum atomic E-state index is 0.388. The number of nitrogens with zero attached hydrogens (tertiary/aromatic N) is 1. The standard InChI is InChI=1S/C8H7BrN2OS/c1-4-7(11-12-8(4)10)5-2-3-6(9)13-5/h2-3H,10H2,1H3. The Hall–Kier alpha value is -0.810. The lowest BCUT2D eigenvalue weighted by atomic mass is 10.2. The molecule has 2 aromatic rings. The lowest BCUT2D eigenvalue weighted by Gasteiger charge is -1.89. The first-order chi connectivity index (χ1) is 6.18. The van der Waals surface area contributed by atoms with E-state index in [1.165, 1.54) is 0 Å². The fourth-order valence-electron chi connectivity index (χ4n) is 1.02. The van der Waals surface area contributed by atoms with E-state index < -0.39 is 0 Å². The Morgan fingerprint density at radius 3 is 2.77 bits per heavy atom. The summed E-state index contributed by atoms with van der Waals surface area (Å²) in [5, 5.41) is 3.89. The number of hydrogen-bond acceptors (Lipinski definition) is 4. The van der Waals surface area contributed by atoms with Gasteiger partial charge in [0, 0.05) is 5.56 Å². The summed E-state index contributed by atoms with van der Waals surface area (Å²) < 4.78 is 5.95. The molecule has 0 aromatic carbocycles. The third-order valence-electron chi connectivity index (χ3n) is 1.77. The summed E-state index contributed by atoms with van der Waals surface area (Å²) in [5.74, 6) is 0.388. The highest BCUT2D eigenvalue weighted by Crippen LogP contribution is 2.33. The zero-order valence-corrected chi connectivity index (χ0v) is 9.28. The Bertz CT molecular complexity index is 435. The molecule has 5 heteroatoms. The van der Waals surface area contributed by atoms with Crippen LogP contribution in [0.4, 0.5) is 5.88 Å². The molecule has 0 unspecified atom stereocenters. The quantitative estimate of drug-likeness (QED) is 0.856. The van der Waals surface area contributed by atoms with E-state index >= 15 is 0 Å². The van der Waals surface area contributed by atoms with E-state index in [4.69, 9.17) is 10.3 Å². The Balaban J connectivity index is 2.52. The second kappa shape index (κ2) is 3.16. The normalized spacial score (nSPS) is 10.6. The van der Waals surface area contributed by atoms with Gasteiger partial charge in [-0.15, -0.1) is 11.3 Å². The maximum absolute atomic E-state index is 5.55. The molecule has 2 N–H and O–H groups in total. The summed E-state index contributed by atoms with van der Waals surface area (Å²) in [6, 6.07) is 3.96. The number of nitrogens with two attached hydrogens (primary N) is 1. The number of hydrogen-bond donors (Lipinski definition) is 1. The first-order valence-corrected chi connectivity index (χ1v) is 5.27. The van der Waals surface area contributed by atoms with Crippen molar-refractivity contribution in [2.24, 2.45) is 0 Å². The van der Waals surface area contributed by atoms with Gasteiger partial charge >= 0.3 is 0 Å². The van der Waals surface area contributed by atoms with E-state index in [9.17, 15) is 0 Å². The Labute approximate surface area is 87.7 Å². The first kappa shape index (κ1) is 8.77. The lowest BCUT2D eigenvalue weighted by molar-refractivity contribution is 0.439. The van der Waals surface area contributed by atoms with E-state index in [0.29, 0.717) is 5.88 Å². The lowest BCUT2D eigenvalue weighted by Crippen LogP contribution is -1.83. The molecule has 3 nitrogen and oxygen atoms in total. The molecule has 0 radical (unpaired) electrons. The monoisotopic (exact) mass is 258 g/mol. The maximum atomic E-state index is 5.55. The topological polar surface area (TPSA) is 52.0 Å². The highest BCUT2D eigenvalue weighted by Gasteiger charge is 2.12. The second-order valence-electron chi connectivity index (χ2n) is 2.62. The van der Waals surface area contributed by atoms with E-state index in [-0.39, 0.29) is 0 Å². The van der Waals surface area contributed by atoms with Crippen LogP contribution >= 0.6 is 27.3 Å². The zero-order valence-electron chi connectivity index (χ0n) is 6.87. The van der Waals surface area contributed by atoms with E-state index in [0.717, 1.165) is 19.9 Å². The van der Waals surface area contributed by atoms with Gasteiger partial charge < -0.3 is 10.3 Å².